The van der Waals surface area contributed by atoms with Crippen LogP contribution in [0.5, 0.6) is 11.6 Å². The van der Waals surface area contributed by atoms with Crippen molar-refractivity contribution in [1.29, 1.82) is 0 Å². The molecule has 1 heterocycles. The monoisotopic (exact) mass is 307 g/mol. The number of rotatable bonds is 5. The van der Waals surface area contributed by atoms with Crippen LogP contribution in [0, 0.1) is 0 Å². The maximum absolute atomic E-state index is 5.67. The summed E-state index contributed by atoms with van der Waals surface area (Å²) in [5.74, 6) is 1.17. The van der Waals surface area contributed by atoms with Crippen LogP contribution >= 0.6 is 15.9 Å². The van der Waals surface area contributed by atoms with Crippen molar-refractivity contribution >= 4 is 15.9 Å². The number of ether oxygens (including phenoxy) is 2. The van der Waals surface area contributed by atoms with Gasteiger partial charge in [0.15, 0.2) is 5.75 Å². The van der Waals surface area contributed by atoms with Crippen molar-refractivity contribution in [3.8, 4) is 11.6 Å². The highest BCUT2D eigenvalue weighted by Gasteiger charge is 2.07. The van der Waals surface area contributed by atoms with E-state index in [2.05, 4.69) is 20.9 Å². The number of nitrogens with zero attached hydrogens (tertiary/aromatic N) is 1. The third kappa shape index (κ3) is 3.47. The number of pyridine rings is 1. The van der Waals surface area contributed by atoms with Crippen LogP contribution in [0.3, 0.4) is 0 Å². The molecule has 0 aliphatic rings. The van der Waals surface area contributed by atoms with Crippen LogP contribution in [-0.2, 0) is 6.61 Å². The second-order valence-corrected chi connectivity index (χ2v) is 4.58. The molecule has 0 aliphatic carbocycles. The summed E-state index contributed by atoms with van der Waals surface area (Å²) in [5.41, 5.74) is 1.10. The zero-order valence-electron chi connectivity index (χ0n) is 10.1. The first-order valence-electron chi connectivity index (χ1n) is 5.74. The largest absolute Gasteiger partial charge is 0.488 e. The van der Waals surface area contributed by atoms with Gasteiger partial charge in [-0.05, 0) is 28.4 Å². The smallest absolute Gasteiger partial charge is 0.257 e. The molecular formula is C14H14BrNO2. The zero-order chi connectivity index (χ0) is 12.8. The summed E-state index contributed by atoms with van der Waals surface area (Å²) >= 11 is 3.36. The number of halogens is 1. The first-order valence-corrected chi connectivity index (χ1v) is 6.54. The van der Waals surface area contributed by atoms with E-state index >= 15 is 0 Å². The lowest BCUT2D eigenvalue weighted by molar-refractivity contribution is 0.258. The number of benzene rings is 1. The molecule has 0 amide bonds. The van der Waals surface area contributed by atoms with Crippen molar-refractivity contribution in [2.45, 2.75) is 13.5 Å². The van der Waals surface area contributed by atoms with Crippen molar-refractivity contribution < 1.29 is 9.47 Å². The Bertz CT molecular complexity index is 502. The molecule has 0 unspecified atom stereocenters. The molecule has 1 aromatic heterocycles. The molecule has 0 radical (unpaired) electrons. The fraction of sp³-hybridized carbons (Fsp3) is 0.214. The lowest BCUT2D eigenvalue weighted by Gasteiger charge is -2.10. The molecule has 2 rings (SSSR count). The molecule has 3 nitrogen and oxygen atoms in total. The summed E-state index contributed by atoms with van der Waals surface area (Å²) in [4.78, 5) is 4.22. The molecule has 18 heavy (non-hydrogen) atoms. The minimum absolute atomic E-state index is 0.482. The Labute approximate surface area is 115 Å². The van der Waals surface area contributed by atoms with Crippen molar-refractivity contribution in [3.05, 3.63) is 52.6 Å². The zero-order valence-corrected chi connectivity index (χ0v) is 11.7. The molecule has 2 aromatic rings. The summed E-state index contributed by atoms with van der Waals surface area (Å²) in [7, 11) is 0. The highest BCUT2D eigenvalue weighted by molar-refractivity contribution is 9.10. The first kappa shape index (κ1) is 12.9. The molecular weight excluding hydrogens is 294 g/mol. The van der Waals surface area contributed by atoms with Gasteiger partial charge in [0.25, 0.3) is 5.88 Å². The van der Waals surface area contributed by atoms with Gasteiger partial charge in [0.1, 0.15) is 6.61 Å². The molecule has 4 heteroatoms. The van der Waals surface area contributed by atoms with Crippen molar-refractivity contribution in [1.82, 2.24) is 4.98 Å². The van der Waals surface area contributed by atoms with E-state index in [0.717, 1.165) is 10.0 Å². The predicted octanol–water partition coefficient (Wildman–Crippen LogP) is 3.82. The molecule has 0 N–H and O–H groups in total. The van der Waals surface area contributed by atoms with Crippen LogP contribution < -0.4 is 9.47 Å². The molecule has 0 atom stereocenters. The minimum atomic E-state index is 0.482. The maximum atomic E-state index is 5.67. The first-order chi connectivity index (χ1) is 8.79. The molecule has 0 bridgehead atoms. The third-order valence-corrected chi connectivity index (χ3v) is 2.74. The predicted molar refractivity (Wildman–Crippen MR) is 73.9 cm³/mol. The Kier molecular flexibility index (Phi) is 4.59. The third-order valence-electron chi connectivity index (χ3n) is 2.30. The average molecular weight is 308 g/mol. The second-order valence-electron chi connectivity index (χ2n) is 3.66. The summed E-state index contributed by atoms with van der Waals surface area (Å²) in [6.45, 7) is 3.00. The van der Waals surface area contributed by atoms with Crippen molar-refractivity contribution in [2.24, 2.45) is 0 Å². The van der Waals surface area contributed by atoms with Gasteiger partial charge < -0.3 is 9.47 Å². The van der Waals surface area contributed by atoms with E-state index in [4.69, 9.17) is 9.47 Å². The minimum Gasteiger partial charge on any atom is -0.488 e. The quantitative estimate of drug-likeness (QED) is 0.841. The van der Waals surface area contributed by atoms with E-state index in [1.807, 2.05) is 43.3 Å². The Morgan fingerprint density at radius 1 is 1.17 bits per heavy atom. The van der Waals surface area contributed by atoms with Crippen LogP contribution in [-0.4, -0.2) is 11.6 Å². The van der Waals surface area contributed by atoms with E-state index in [1.54, 1.807) is 6.20 Å². The van der Waals surface area contributed by atoms with Crippen LogP contribution in [0.2, 0.25) is 0 Å². The molecule has 0 saturated heterocycles. The van der Waals surface area contributed by atoms with Crippen LogP contribution in [0.15, 0.2) is 47.1 Å². The van der Waals surface area contributed by atoms with Crippen molar-refractivity contribution in [3.63, 3.8) is 0 Å². The van der Waals surface area contributed by atoms with Gasteiger partial charge in [-0.3, -0.25) is 0 Å². The van der Waals surface area contributed by atoms with Gasteiger partial charge in [0, 0.05) is 16.7 Å². The summed E-state index contributed by atoms with van der Waals surface area (Å²) in [6, 6.07) is 11.8. The standard InChI is InChI=1S/C14H14BrNO2/c1-2-17-13-8-12(15)9-16-14(13)18-10-11-6-4-3-5-7-11/h3-9H,2,10H2,1H3. The second kappa shape index (κ2) is 6.40. The Morgan fingerprint density at radius 3 is 2.67 bits per heavy atom. The molecule has 0 aliphatic heterocycles. The van der Waals surface area contributed by atoms with Crippen LogP contribution in [0.25, 0.3) is 0 Å². The summed E-state index contributed by atoms with van der Waals surface area (Å²) in [6.07, 6.45) is 1.70. The van der Waals surface area contributed by atoms with Gasteiger partial charge in [0.2, 0.25) is 0 Å². The van der Waals surface area contributed by atoms with Gasteiger partial charge in [-0.25, -0.2) is 4.98 Å². The van der Waals surface area contributed by atoms with Gasteiger partial charge >= 0.3 is 0 Å². The summed E-state index contributed by atoms with van der Waals surface area (Å²) < 4.78 is 12.0. The highest BCUT2D eigenvalue weighted by atomic mass is 79.9. The van der Waals surface area contributed by atoms with E-state index in [9.17, 15) is 0 Å². The topological polar surface area (TPSA) is 31.4 Å². The SMILES string of the molecule is CCOc1cc(Br)cnc1OCc1ccccc1. The number of aromatic nitrogens is 1. The van der Waals surface area contributed by atoms with E-state index in [-0.39, 0.29) is 0 Å². The fourth-order valence-electron chi connectivity index (χ4n) is 1.50. The highest BCUT2D eigenvalue weighted by Crippen LogP contribution is 2.28. The molecule has 0 spiro atoms. The van der Waals surface area contributed by atoms with Gasteiger partial charge in [-0.15, -0.1) is 0 Å². The van der Waals surface area contributed by atoms with Gasteiger partial charge in [-0.2, -0.15) is 0 Å². The Hall–Kier alpha value is -1.55. The molecule has 0 saturated carbocycles. The Balaban J connectivity index is 2.09. The lowest BCUT2D eigenvalue weighted by Crippen LogP contribution is -2.01. The van der Waals surface area contributed by atoms with E-state index in [1.165, 1.54) is 0 Å². The maximum Gasteiger partial charge on any atom is 0.257 e. The number of hydrogen-bond donors (Lipinski definition) is 0. The average Bonchev–Trinajstić information content (AvgIpc) is 2.39. The lowest BCUT2D eigenvalue weighted by atomic mass is 10.2. The Morgan fingerprint density at radius 2 is 1.94 bits per heavy atom. The van der Waals surface area contributed by atoms with Gasteiger partial charge in [0.05, 0.1) is 6.61 Å². The fourth-order valence-corrected chi connectivity index (χ4v) is 1.81. The van der Waals surface area contributed by atoms with Crippen molar-refractivity contribution in [2.75, 3.05) is 6.61 Å². The van der Waals surface area contributed by atoms with Crippen LogP contribution in [0.4, 0.5) is 0 Å². The number of hydrogen-bond acceptors (Lipinski definition) is 3. The van der Waals surface area contributed by atoms with E-state index in [0.29, 0.717) is 24.8 Å². The molecule has 94 valence electrons. The van der Waals surface area contributed by atoms with Gasteiger partial charge in [-0.1, -0.05) is 30.3 Å². The normalized spacial score (nSPS) is 10.1. The van der Waals surface area contributed by atoms with Crippen LogP contribution in [0.1, 0.15) is 12.5 Å². The van der Waals surface area contributed by atoms with E-state index < -0.39 is 0 Å². The molecule has 1 aromatic carbocycles. The summed E-state index contributed by atoms with van der Waals surface area (Å²) in [5, 5.41) is 0. The molecule has 0 fully saturated rings.